The Morgan fingerprint density at radius 3 is 2.26 bits per heavy atom. The summed E-state index contributed by atoms with van der Waals surface area (Å²) < 4.78 is 31.4. The van der Waals surface area contributed by atoms with Crippen molar-refractivity contribution in [1.29, 1.82) is 0 Å². The molecule has 5 nitrogen and oxygen atoms in total. The van der Waals surface area contributed by atoms with Crippen LogP contribution >= 0.6 is 7.82 Å². The van der Waals surface area contributed by atoms with E-state index >= 15 is 0 Å². The highest BCUT2D eigenvalue weighted by molar-refractivity contribution is 7.48. The van der Waals surface area contributed by atoms with Crippen molar-refractivity contribution in [2.45, 2.75) is 6.42 Å². The molecule has 0 bridgehead atoms. The third-order valence-electron chi connectivity index (χ3n) is 3.17. The summed E-state index contributed by atoms with van der Waals surface area (Å²) in [5.41, 5.74) is 2.96. The van der Waals surface area contributed by atoms with Crippen LogP contribution < -0.4 is 0 Å². The monoisotopic (exact) mass is 338 g/mol. The summed E-state index contributed by atoms with van der Waals surface area (Å²) in [5, 5.41) is 0. The van der Waals surface area contributed by atoms with Crippen molar-refractivity contribution in [2.24, 2.45) is 0 Å². The largest absolute Gasteiger partial charge is 0.497 e. The lowest BCUT2D eigenvalue weighted by Gasteiger charge is -2.13. The van der Waals surface area contributed by atoms with E-state index in [1.165, 1.54) is 14.2 Å². The lowest BCUT2D eigenvalue weighted by molar-refractivity contribution is 0.153. The quantitative estimate of drug-likeness (QED) is 0.360. The number of hydrogen-bond acceptors (Lipinski definition) is 5. The number of phosphoric acid groups is 1. The molecule has 1 aromatic carbocycles. The Hall–Kier alpha value is -1.65. The molecule has 0 saturated heterocycles. The van der Waals surface area contributed by atoms with Crippen LogP contribution in [-0.4, -0.2) is 27.9 Å². The third-order valence-corrected chi connectivity index (χ3v) is 4.57. The normalized spacial score (nSPS) is 12.0. The maximum Gasteiger partial charge on any atom is 0.474 e. The fourth-order valence-electron chi connectivity index (χ4n) is 1.81. The predicted octanol–water partition coefficient (Wildman–Crippen LogP) is 4.38. The van der Waals surface area contributed by atoms with E-state index in [0.717, 1.165) is 16.7 Å². The average Bonchev–Trinajstić information content (AvgIpc) is 2.59. The number of phosphoric ester groups is 1. The van der Waals surface area contributed by atoms with Gasteiger partial charge in [-0.2, -0.15) is 0 Å². The van der Waals surface area contributed by atoms with E-state index in [1.54, 1.807) is 13.2 Å². The summed E-state index contributed by atoms with van der Waals surface area (Å²) in [6.45, 7) is 7.81. The zero-order chi connectivity index (χ0) is 17.3. The van der Waals surface area contributed by atoms with Gasteiger partial charge in [-0.05, 0) is 29.2 Å². The average molecular weight is 338 g/mol. The van der Waals surface area contributed by atoms with Gasteiger partial charge in [0, 0.05) is 14.2 Å². The fourth-order valence-corrected chi connectivity index (χ4v) is 2.49. The van der Waals surface area contributed by atoms with Gasteiger partial charge in [-0.15, -0.1) is 0 Å². The standard InChI is InChI=1S/C17H23O5P/c1-6-16(13-14(2)19-3)17-9-7-15(8-10-17)11-12-22-23(18,20-4)21-5/h6-10,13H,1-2,11-12H2,3-5H3/b16-13+. The first-order valence-corrected chi connectivity index (χ1v) is 8.46. The number of hydrogen-bond donors (Lipinski definition) is 0. The molecule has 0 spiro atoms. The maximum atomic E-state index is 11.7. The van der Waals surface area contributed by atoms with Crippen molar-refractivity contribution in [2.75, 3.05) is 27.9 Å². The highest BCUT2D eigenvalue weighted by Crippen LogP contribution is 2.47. The molecule has 0 heterocycles. The molecule has 0 N–H and O–H groups in total. The van der Waals surface area contributed by atoms with Crippen molar-refractivity contribution in [3.63, 3.8) is 0 Å². The van der Waals surface area contributed by atoms with E-state index in [2.05, 4.69) is 13.2 Å². The molecule has 23 heavy (non-hydrogen) atoms. The van der Waals surface area contributed by atoms with E-state index in [1.807, 2.05) is 30.3 Å². The first-order valence-electron chi connectivity index (χ1n) is 7.00. The SMILES string of the molecule is C=C/C(=C\C(=C)OC)c1ccc(CCOP(=O)(OC)OC)cc1. The molecule has 0 unspecified atom stereocenters. The molecule has 0 aromatic heterocycles. The maximum absolute atomic E-state index is 11.7. The summed E-state index contributed by atoms with van der Waals surface area (Å²) in [6, 6.07) is 7.88. The van der Waals surface area contributed by atoms with E-state index < -0.39 is 7.82 Å². The van der Waals surface area contributed by atoms with Gasteiger partial charge in [-0.25, -0.2) is 4.57 Å². The summed E-state index contributed by atoms with van der Waals surface area (Å²) in [6.07, 6.45) is 4.16. The Morgan fingerprint density at radius 1 is 1.17 bits per heavy atom. The Morgan fingerprint density at radius 2 is 1.78 bits per heavy atom. The summed E-state index contributed by atoms with van der Waals surface area (Å²) in [4.78, 5) is 0. The molecule has 0 radical (unpaired) electrons. The first-order chi connectivity index (χ1) is 11.0. The van der Waals surface area contributed by atoms with Crippen LogP contribution in [0.2, 0.25) is 0 Å². The van der Waals surface area contributed by atoms with Gasteiger partial charge in [0.25, 0.3) is 0 Å². The van der Waals surface area contributed by atoms with Crippen LogP contribution in [0.3, 0.4) is 0 Å². The summed E-state index contributed by atoms with van der Waals surface area (Å²) in [5.74, 6) is 0.562. The molecule has 0 amide bonds. The Kier molecular flexibility index (Phi) is 8.00. The molecule has 0 aliphatic rings. The number of allylic oxidation sites excluding steroid dienone is 3. The minimum Gasteiger partial charge on any atom is -0.497 e. The van der Waals surface area contributed by atoms with Gasteiger partial charge in [-0.1, -0.05) is 43.5 Å². The molecule has 0 aliphatic heterocycles. The molecule has 126 valence electrons. The third kappa shape index (κ3) is 6.16. The van der Waals surface area contributed by atoms with Crippen molar-refractivity contribution in [1.82, 2.24) is 0 Å². The van der Waals surface area contributed by atoms with Crippen molar-refractivity contribution < 1.29 is 22.9 Å². The second-order valence-corrected chi connectivity index (χ2v) is 6.45. The van der Waals surface area contributed by atoms with Gasteiger partial charge in [0.15, 0.2) is 0 Å². The highest BCUT2D eigenvalue weighted by atomic mass is 31.2. The minimum absolute atomic E-state index is 0.239. The molecule has 1 aromatic rings. The first kappa shape index (κ1) is 19.4. The van der Waals surface area contributed by atoms with E-state index in [-0.39, 0.29) is 6.61 Å². The molecular formula is C17H23O5P. The molecular weight excluding hydrogens is 315 g/mol. The zero-order valence-electron chi connectivity index (χ0n) is 13.8. The number of ether oxygens (including phenoxy) is 1. The van der Waals surface area contributed by atoms with Gasteiger partial charge < -0.3 is 4.74 Å². The van der Waals surface area contributed by atoms with Crippen molar-refractivity contribution in [3.05, 3.63) is 66.5 Å². The van der Waals surface area contributed by atoms with Crippen LogP contribution in [-0.2, 0) is 29.3 Å². The smallest absolute Gasteiger partial charge is 0.474 e. The van der Waals surface area contributed by atoms with E-state index in [4.69, 9.17) is 18.3 Å². The number of methoxy groups -OCH3 is 1. The van der Waals surface area contributed by atoms with Crippen LogP contribution in [0.4, 0.5) is 0 Å². The summed E-state index contributed by atoms with van der Waals surface area (Å²) >= 11 is 0. The molecule has 6 heteroatoms. The van der Waals surface area contributed by atoms with E-state index in [0.29, 0.717) is 12.2 Å². The zero-order valence-corrected chi connectivity index (χ0v) is 14.7. The molecule has 0 saturated carbocycles. The number of rotatable bonds is 10. The Labute approximate surface area is 137 Å². The van der Waals surface area contributed by atoms with Crippen LogP contribution in [0.15, 0.2) is 55.3 Å². The van der Waals surface area contributed by atoms with Gasteiger partial charge in [0.05, 0.1) is 13.7 Å². The van der Waals surface area contributed by atoms with Crippen LogP contribution in [0.1, 0.15) is 11.1 Å². The van der Waals surface area contributed by atoms with Gasteiger partial charge in [0.1, 0.15) is 5.76 Å². The van der Waals surface area contributed by atoms with Crippen LogP contribution in [0, 0.1) is 0 Å². The fraction of sp³-hybridized carbons (Fsp3) is 0.294. The predicted molar refractivity (Wildman–Crippen MR) is 92.0 cm³/mol. The Balaban J connectivity index is 2.70. The molecule has 1 rings (SSSR count). The lowest BCUT2D eigenvalue weighted by Crippen LogP contribution is -2.00. The summed E-state index contributed by atoms with van der Waals surface area (Å²) in [7, 11) is 0.733. The second-order valence-electron chi connectivity index (χ2n) is 4.57. The van der Waals surface area contributed by atoms with Gasteiger partial charge in [0.2, 0.25) is 0 Å². The lowest BCUT2D eigenvalue weighted by atomic mass is 10.0. The van der Waals surface area contributed by atoms with Crippen molar-refractivity contribution >= 4 is 13.4 Å². The van der Waals surface area contributed by atoms with Crippen molar-refractivity contribution in [3.8, 4) is 0 Å². The topological polar surface area (TPSA) is 54.0 Å². The van der Waals surface area contributed by atoms with Crippen LogP contribution in [0.5, 0.6) is 0 Å². The minimum atomic E-state index is -3.41. The molecule has 0 atom stereocenters. The second kappa shape index (κ2) is 9.48. The number of benzene rings is 1. The van der Waals surface area contributed by atoms with Crippen LogP contribution in [0.25, 0.3) is 5.57 Å². The Bertz CT molecular complexity index is 596. The van der Waals surface area contributed by atoms with Gasteiger partial charge >= 0.3 is 7.82 Å². The molecule has 0 aliphatic carbocycles. The molecule has 0 fully saturated rings. The van der Waals surface area contributed by atoms with Gasteiger partial charge in [-0.3, -0.25) is 13.6 Å². The van der Waals surface area contributed by atoms with E-state index in [9.17, 15) is 4.57 Å². The highest BCUT2D eigenvalue weighted by Gasteiger charge is 2.21.